The van der Waals surface area contributed by atoms with E-state index in [1.807, 2.05) is 0 Å². The molecule has 1 N–H and O–H groups in total. The molecule has 3 nitrogen and oxygen atoms in total. The van der Waals surface area contributed by atoms with Gasteiger partial charge in [-0.1, -0.05) is 0 Å². The quantitative estimate of drug-likeness (QED) is 0.561. The van der Waals surface area contributed by atoms with Gasteiger partial charge in [-0.05, 0) is 19.8 Å². The van der Waals surface area contributed by atoms with Gasteiger partial charge in [0.05, 0.1) is 0 Å². The number of rotatable bonds is 6. The average molecular weight is 236 g/mol. The molecule has 0 aliphatic rings. The Kier molecular flexibility index (Phi) is 5.75. The molecule has 0 saturated heterocycles. The number of hydrogen-bond donors (Lipinski definition) is 1. The highest BCUT2D eigenvalue weighted by molar-refractivity contribution is 7.89. The van der Waals surface area contributed by atoms with Crippen molar-refractivity contribution in [2.75, 3.05) is 6.54 Å². The lowest BCUT2D eigenvalue weighted by atomic mass is 10.2. The SMILES string of the molecule is CC(Cl)CCCNS(=O)(=O)C(F)F. The second-order valence-corrected chi connectivity index (χ2v) is 5.10. The minimum Gasteiger partial charge on any atom is -0.210 e. The van der Waals surface area contributed by atoms with Gasteiger partial charge in [-0.2, -0.15) is 8.78 Å². The van der Waals surface area contributed by atoms with Crippen LogP contribution in [0.25, 0.3) is 0 Å². The summed E-state index contributed by atoms with van der Waals surface area (Å²) in [6, 6.07) is 0. The summed E-state index contributed by atoms with van der Waals surface area (Å²) in [5.41, 5.74) is 0. The molecule has 1 atom stereocenters. The van der Waals surface area contributed by atoms with Crippen LogP contribution < -0.4 is 4.72 Å². The summed E-state index contributed by atoms with van der Waals surface area (Å²) in [5.74, 6) is -3.36. The Labute approximate surface area is 81.5 Å². The number of halogens is 3. The van der Waals surface area contributed by atoms with Crippen LogP contribution in [0.3, 0.4) is 0 Å². The summed E-state index contributed by atoms with van der Waals surface area (Å²) in [7, 11) is -4.42. The fraction of sp³-hybridized carbons (Fsp3) is 1.00. The first kappa shape index (κ1) is 13.1. The van der Waals surface area contributed by atoms with E-state index in [0.717, 1.165) is 0 Å². The fourth-order valence-electron chi connectivity index (χ4n) is 0.661. The first-order chi connectivity index (χ1) is 5.86. The maximum Gasteiger partial charge on any atom is 0.350 e. The van der Waals surface area contributed by atoms with Gasteiger partial charge in [0.1, 0.15) is 0 Å². The summed E-state index contributed by atoms with van der Waals surface area (Å²) in [5, 5.41) is -0.0731. The smallest absolute Gasteiger partial charge is 0.210 e. The van der Waals surface area contributed by atoms with Gasteiger partial charge in [-0.15, -0.1) is 11.6 Å². The summed E-state index contributed by atoms with van der Waals surface area (Å²) in [6.07, 6.45) is 1.05. The molecule has 0 heterocycles. The second-order valence-electron chi connectivity index (χ2n) is 2.62. The number of sulfonamides is 1. The third-order valence-electron chi connectivity index (χ3n) is 1.32. The van der Waals surface area contributed by atoms with Crippen LogP contribution in [0.15, 0.2) is 0 Å². The second kappa shape index (κ2) is 5.72. The zero-order valence-electron chi connectivity index (χ0n) is 7.13. The predicted molar refractivity (Wildman–Crippen MR) is 47.5 cm³/mol. The molecule has 0 bridgehead atoms. The minimum atomic E-state index is -4.42. The molecule has 80 valence electrons. The van der Waals surface area contributed by atoms with Gasteiger partial charge in [0.2, 0.25) is 0 Å². The topological polar surface area (TPSA) is 46.2 Å². The molecule has 0 rings (SSSR count). The Balaban J connectivity index is 3.66. The van der Waals surface area contributed by atoms with Gasteiger partial charge in [0, 0.05) is 11.9 Å². The molecule has 1 unspecified atom stereocenters. The Morgan fingerprint density at radius 2 is 2.00 bits per heavy atom. The lowest BCUT2D eigenvalue weighted by Gasteiger charge is -2.05. The molecule has 0 aliphatic carbocycles. The molecule has 0 amide bonds. The van der Waals surface area contributed by atoms with Crippen LogP contribution in [0.2, 0.25) is 0 Å². The molecular formula is C6H12ClF2NO2S. The first-order valence-electron chi connectivity index (χ1n) is 3.77. The van der Waals surface area contributed by atoms with Crippen molar-refractivity contribution in [3.05, 3.63) is 0 Å². The number of hydrogen-bond acceptors (Lipinski definition) is 2. The highest BCUT2D eigenvalue weighted by atomic mass is 35.5. The first-order valence-corrected chi connectivity index (χ1v) is 5.75. The normalized spacial score (nSPS) is 14.8. The molecular weight excluding hydrogens is 224 g/mol. The van der Waals surface area contributed by atoms with Crippen LogP contribution in [0.5, 0.6) is 0 Å². The molecule has 7 heteroatoms. The van der Waals surface area contributed by atoms with E-state index in [4.69, 9.17) is 11.6 Å². The lowest BCUT2D eigenvalue weighted by molar-refractivity contribution is 0.232. The van der Waals surface area contributed by atoms with Crippen molar-refractivity contribution in [3.8, 4) is 0 Å². The lowest BCUT2D eigenvalue weighted by Crippen LogP contribution is -2.30. The van der Waals surface area contributed by atoms with Gasteiger partial charge in [0.15, 0.2) is 0 Å². The van der Waals surface area contributed by atoms with Gasteiger partial charge in [-0.3, -0.25) is 0 Å². The molecule has 0 radical (unpaired) electrons. The largest absolute Gasteiger partial charge is 0.350 e. The van der Waals surface area contributed by atoms with Crippen molar-refractivity contribution in [2.24, 2.45) is 0 Å². The van der Waals surface area contributed by atoms with Crippen molar-refractivity contribution < 1.29 is 17.2 Å². The van der Waals surface area contributed by atoms with E-state index in [-0.39, 0.29) is 11.9 Å². The van der Waals surface area contributed by atoms with Crippen LogP contribution in [-0.4, -0.2) is 26.1 Å². The van der Waals surface area contributed by atoms with Crippen molar-refractivity contribution in [1.82, 2.24) is 4.72 Å². The summed E-state index contributed by atoms with van der Waals surface area (Å²) in [6.45, 7) is 1.76. The van der Waals surface area contributed by atoms with Crippen LogP contribution in [-0.2, 0) is 10.0 Å². The fourth-order valence-corrected chi connectivity index (χ4v) is 1.37. The third kappa shape index (κ3) is 6.17. The Bertz CT molecular complexity index is 231. The van der Waals surface area contributed by atoms with E-state index in [9.17, 15) is 17.2 Å². The Morgan fingerprint density at radius 1 is 1.46 bits per heavy atom. The summed E-state index contributed by atoms with van der Waals surface area (Å²) < 4.78 is 46.2. The molecule has 13 heavy (non-hydrogen) atoms. The van der Waals surface area contributed by atoms with E-state index >= 15 is 0 Å². The van der Waals surface area contributed by atoms with Crippen LogP contribution in [0.4, 0.5) is 8.78 Å². The molecule has 0 aliphatic heterocycles. The zero-order chi connectivity index (χ0) is 10.5. The van der Waals surface area contributed by atoms with Crippen LogP contribution in [0, 0.1) is 0 Å². The average Bonchev–Trinajstić information content (AvgIpc) is 1.97. The summed E-state index contributed by atoms with van der Waals surface area (Å²) >= 11 is 5.56. The van der Waals surface area contributed by atoms with E-state index < -0.39 is 15.8 Å². The molecule has 0 saturated carbocycles. The van der Waals surface area contributed by atoms with E-state index in [0.29, 0.717) is 12.8 Å². The van der Waals surface area contributed by atoms with Crippen LogP contribution >= 0.6 is 11.6 Å². The van der Waals surface area contributed by atoms with Crippen molar-refractivity contribution >= 4 is 21.6 Å². The predicted octanol–water partition coefficient (Wildman–Crippen LogP) is 1.54. The van der Waals surface area contributed by atoms with Gasteiger partial charge in [-0.25, -0.2) is 13.1 Å². The van der Waals surface area contributed by atoms with E-state index in [1.54, 1.807) is 11.6 Å². The monoisotopic (exact) mass is 235 g/mol. The van der Waals surface area contributed by atoms with E-state index in [2.05, 4.69) is 0 Å². The summed E-state index contributed by atoms with van der Waals surface area (Å²) in [4.78, 5) is 0. The van der Waals surface area contributed by atoms with Crippen molar-refractivity contribution in [3.63, 3.8) is 0 Å². The molecule has 0 fully saturated rings. The standard InChI is InChI=1S/C6H12ClF2NO2S/c1-5(7)3-2-4-10-13(11,12)6(8)9/h5-6,10H,2-4H2,1H3. The molecule has 0 aromatic rings. The molecule has 0 spiro atoms. The van der Waals surface area contributed by atoms with Crippen LogP contribution in [0.1, 0.15) is 19.8 Å². The number of alkyl halides is 3. The van der Waals surface area contributed by atoms with Gasteiger partial charge < -0.3 is 0 Å². The zero-order valence-corrected chi connectivity index (χ0v) is 8.71. The van der Waals surface area contributed by atoms with Gasteiger partial charge >= 0.3 is 5.76 Å². The maximum atomic E-state index is 11.7. The third-order valence-corrected chi connectivity index (χ3v) is 2.61. The van der Waals surface area contributed by atoms with E-state index in [1.165, 1.54) is 0 Å². The molecule has 0 aromatic carbocycles. The highest BCUT2D eigenvalue weighted by Crippen LogP contribution is 2.05. The van der Waals surface area contributed by atoms with Crippen molar-refractivity contribution in [1.29, 1.82) is 0 Å². The Morgan fingerprint density at radius 3 is 2.38 bits per heavy atom. The van der Waals surface area contributed by atoms with Gasteiger partial charge in [0.25, 0.3) is 10.0 Å². The Hall–Kier alpha value is 0.0600. The highest BCUT2D eigenvalue weighted by Gasteiger charge is 2.22. The minimum absolute atomic E-state index is 0.00370. The number of nitrogens with one attached hydrogen (secondary N) is 1. The van der Waals surface area contributed by atoms with Crippen molar-refractivity contribution in [2.45, 2.75) is 30.9 Å². The maximum absolute atomic E-state index is 11.7. The molecule has 0 aromatic heterocycles.